The second kappa shape index (κ2) is 5.43. The molecule has 0 bridgehead atoms. The van der Waals surface area contributed by atoms with Crippen LogP contribution in [0.1, 0.15) is 13.8 Å². The first kappa shape index (κ1) is 12.4. The van der Waals surface area contributed by atoms with E-state index in [0.29, 0.717) is 6.10 Å². The van der Waals surface area contributed by atoms with E-state index in [9.17, 15) is 0 Å². The SMILES string of the molecule is CC[I-]1(C)NCN[I-]C1C(C)OC. The van der Waals surface area contributed by atoms with E-state index in [1.807, 2.05) is 7.11 Å². The molecule has 3 unspecified atom stereocenters. The van der Waals surface area contributed by atoms with Crippen molar-refractivity contribution < 1.29 is 44.9 Å². The molecule has 0 aromatic rings. The molecule has 0 spiro atoms. The maximum atomic E-state index is 5.48. The summed E-state index contributed by atoms with van der Waals surface area (Å²) in [7, 11) is 1.83. The second-order valence-electron chi connectivity index (χ2n) is 3.17. The van der Waals surface area contributed by atoms with Crippen molar-refractivity contribution in [3.8, 4) is 0 Å². The molecule has 0 aromatic carbocycles. The molecule has 1 heterocycles. The van der Waals surface area contributed by atoms with Crippen LogP contribution in [-0.4, -0.2) is 31.2 Å². The van der Waals surface area contributed by atoms with Crippen molar-refractivity contribution >= 4 is 0 Å². The fourth-order valence-corrected chi connectivity index (χ4v) is 17.5. The molecule has 1 aliphatic rings. The molecular formula is C8H20I2N2O-2. The van der Waals surface area contributed by atoms with Gasteiger partial charge in [0.25, 0.3) is 0 Å². The van der Waals surface area contributed by atoms with Gasteiger partial charge in [-0.05, 0) is 0 Å². The normalized spacial score (nSPS) is 42.9. The Morgan fingerprint density at radius 3 is 2.92 bits per heavy atom. The Morgan fingerprint density at radius 1 is 1.69 bits per heavy atom. The number of halogens is 2. The number of hydrogen-bond acceptors (Lipinski definition) is 3. The Labute approximate surface area is 96.2 Å². The van der Waals surface area contributed by atoms with Crippen molar-refractivity contribution in [3.63, 3.8) is 0 Å². The van der Waals surface area contributed by atoms with E-state index in [1.165, 1.54) is 4.43 Å². The molecule has 3 nitrogen and oxygen atoms in total. The molecule has 84 valence electrons. The van der Waals surface area contributed by atoms with Gasteiger partial charge >= 0.3 is 97.0 Å². The van der Waals surface area contributed by atoms with Crippen LogP contribution in [0, 0.1) is 0 Å². The van der Waals surface area contributed by atoms with Crippen molar-refractivity contribution in [1.82, 2.24) is 7.06 Å². The summed E-state index contributed by atoms with van der Waals surface area (Å²) in [4.78, 5) is 2.49. The van der Waals surface area contributed by atoms with Crippen molar-refractivity contribution in [2.75, 3.05) is 23.1 Å². The molecule has 0 aromatic heterocycles. The van der Waals surface area contributed by atoms with Crippen molar-refractivity contribution in [2.24, 2.45) is 0 Å². The summed E-state index contributed by atoms with van der Waals surface area (Å²) in [5.74, 6) is 0. The summed E-state index contributed by atoms with van der Waals surface area (Å²) in [6, 6.07) is 0. The van der Waals surface area contributed by atoms with Crippen LogP contribution in [-0.2, 0) is 4.74 Å². The quantitative estimate of drug-likeness (QED) is 0.275. The van der Waals surface area contributed by atoms with Crippen LogP contribution >= 0.6 is 0 Å². The zero-order valence-electron chi connectivity index (χ0n) is 8.73. The summed E-state index contributed by atoms with van der Waals surface area (Å²) in [5, 5.41) is 0. The van der Waals surface area contributed by atoms with E-state index in [0.717, 1.165) is 8.60 Å². The molecule has 0 aliphatic carbocycles. The molecule has 1 rings (SSSR count). The molecule has 2 N–H and O–H groups in total. The molecule has 5 heteroatoms. The second-order valence-corrected chi connectivity index (χ2v) is 18.0. The Morgan fingerprint density at radius 2 is 2.38 bits per heavy atom. The van der Waals surface area contributed by atoms with Crippen molar-refractivity contribution in [1.29, 1.82) is 0 Å². The predicted molar refractivity (Wildman–Crippen MR) is 47.9 cm³/mol. The Kier molecular flexibility index (Phi) is 5.18. The first-order chi connectivity index (χ1) is 6.14. The van der Waals surface area contributed by atoms with Gasteiger partial charge in [0.05, 0.1) is 0 Å². The third kappa shape index (κ3) is 2.90. The van der Waals surface area contributed by atoms with Gasteiger partial charge in [-0.3, -0.25) is 0 Å². The van der Waals surface area contributed by atoms with Gasteiger partial charge in [-0.2, -0.15) is 0 Å². The number of methoxy groups -OCH3 is 1. The minimum absolute atomic E-state index is 0.149. The van der Waals surface area contributed by atoms with Gasteiger partial charge < -0.3 is 0 Å². The molecule has 0 saturated carbocycles. The van der Waals surface area contributed by atoms with Crippen molar-refractivity contribution in [3.05, 3.63) is 0 Å². The topological polar surface area (TPSA) is 33.3 Å². The first-order valence-corrected chi connectivity index (χ1v) is 12.8. The molecular weight excluding hydrogens is 394 g/mol. The third-order valence-electron chi connectivity index (χ3n) is 2.36. The van der Waals surface area contributed by atoms with E-state index < -0.39 is 18.7 Å². The van der Waals surface area contributed by atoms with E-state index in [1.54, 1.807) is 0 Å². The average Bonchev–Trinajstić information content (AvgIpc) is 2.17. The first-order valence-electron chi connectivity index (χ1n) is 4.43. The predicted octanol–water partition coefficient (Wildman–Crippen LogP) is -5.77. The van der Waals surface area contributed by atoms with Gasteiger partial charge in [0.1, 0.15) is 0 Å². The zero-order chi connectivity index (χ0) is 9.90. The molecule has 1 fully saturated rings. The number of rotatable bonds is 3. The molecule has 1 saturated heterocycles. The van der Waals surface area contributed by atoms with Gasteiger partial charge in [0, 0.05) is 0 Å². The van der Waals surface area contributed by atoms with Crippen LogP contribution in [0.3, 0.4) is 0 Å². The Hall–Kier alpha value is 1.34. The summed E-state index contributed by atoms with van der Waals surface area (Å²) < 4.78 is 14.9. The zero-order valence-corrected chi connectivity index (χ0v) is 13.0. The molecule has 3 atom stereocenters. The molecule has 1 aliphatic heterocycles. The van der Waals surface area contributed by atoms with Crippen molar-refractivity contribution in [2.45, 2.75) is 21.9 Å². The van der Waals surface area contributed by atoms with Crippen LogP contribution in [0.15, 0.2) is 0 Å². The number of nitrogens with one attached hydrogen (secondary N) is 2. The van der Waals surface area contributed by atoms with Gasteiger partial charge in [-0.15, -0.1) is 0 Å². The van der Waals surface area contributed by atoms with Crippen LogP contribution in [0.5, 0.6) is 0 Å². The fraction of sp³-hybridized carbons (Fsp3) is 1.00. The van der Waals surface area contributed by atoms with Gasteiger partial charge in [0.2, 0.25) is 0 Å². The molecule has 0 amide bonds. The van der Waals surface area contributed by atoms with Crippen LogP contribution in [0.4, 0.5) is 0 Å². The Balaban J connectivity index is 2.67. The maximum absolute atomic E-state index is 5.48. The standard InChI is InChI=1S/C8H20I2N2O/c1-5-10(3)8(7(2)13-4)9-11-6-12-10/h7-8,11-12H,5-6H2,1-4H3/q-2. The van der Waals surface area contributed by atoms with E-state index in [4.69, 9.17) is 4.74 Å². The molecule has 0 radical (unpaired) electrons. The van der Waals surface area contributed by atoms with E-state index >= 15 is 0 Å². The minimum atomic E-state index is -1.65. The molecule has 13 heavy (non-hydrogen) atoms. The monoisotopic (exact) mass is 414 g/mol. The van der Waals surface area contributed by atoms with Gasteiger partial charge in [-0.1, -0.05) is 0 Å². The van der Waals surface area contributed by atoms with E-state index in [-0.39, 0.29) is 21.5 Å². The van der Waals surface area contributed by atoms with Crippen LogP contribution < -0.4 is 47.2 Å². The summed E-state index contributed by atoms with van der Waals surface area (Å²) >= 11 is -1.50. The van der Waals surface area contributed by atoms with Gasteiger partial charge in [-0.25, -0.2) is 0 Å². The summed E-state index contributed by atoms with van der Waals surface area (Å²) in [6.45, 7) is 5.59. The average molecular weight is 414 g/mol. The number of hydrogen-bond donors (Lipinski definition) is 2. The third-order valence-corrected chi connectivity index (χ3v) is 22.3. The number of ether oxygens (including phenoxy) is 1. The van der Waals surface area contributed by atoms with Gasteiger partial charge in [0.15, 0.2) is 0 Å². The van der Waals surface area contributed by atoms with Crippen LogP contribution in [0.2, 0.25) is 0 Å². The van der Waals surface area contributed by atoms with Crippen LogP contribution in [0.25, 0.3) is 0 Å². The fourth-order valence-electron chi connectivity index (χ4n) is 1.28. The van der Waals surface area contributed by atoms with E-state index in [2.05, 4.69) is 25.8 Å². The summed E-state index contributed by atoms with van der Waals surface area (Å²) in [5.41, 5.74) is 0. The Bertz CT molecular complexity index is 170. The summed E-state index contributed by atoms with van der Waals surface area (Å²) in [6.07, 6.45) is 0.439. The number of alkyl halides is 4.